The maximum atomic E-state index is 6.26. The smallest absolute Gasteiger partial charge is 0.227 e. The molecule has 0 radical (unpaired) electrons. The zero-order chi connectivity index (χ0) is 36.6. The second kappa shape index (κ2) is 13.9. The quantitative estimate of drug-likeness (QED) is 0.166. The van der Waals surface area contributed by atoms with Crippen molar-refractivity contribution in [2.24, 2.45) is 0 Å². The summed E-state index contributed by atoms with van der Waals surface area (Å²) in [7, 11) is 0. The lowest BCUT2D eigenvalue weighted by molar-refractivity contribution is 0.620. The third-order valence-corrected chi connectivity index (χ3v) is 10.3. The predicted molar refractivity (Wildman–Crippen MR) is 227 cm³/mol. The van der Waals surface area contributed by atoms with Crippen LogP contribution in [0.15, 0.2) is 211 Å². The van der Waals surface area contributed by atoms with E-state index in [-0.39, 0.29) is 0 Å². The van der Waals surface area contributed by atoms with E-state index in [1.54, 1.807) is 0 Å². The zero-order valence-corrected chi connectivity index (χ0v) is 29.9. The van der Waals surface area contributed by atoms with E-state index in [4.69, 9.17) is 14.4 Å². The van der Waals surface area contributed by atoms with Crippen molar-refractivity contribution < 1.29 is 4.42 Å². The lowest BCUT2D eigenvalue weighted by Crippen LogP contribution is -1.92. The highest BCUT2D eigenvalue weighted by Gasteiger charge is 2.16. The molecule has 0 fully saturated rings. The predicted octanol–water partition coefficient (Wildman–Crippen LogP) is 14.0. The average molecular weight is 703 g/mol. The van der Waals surface area contributed by atoms with Gasteiger partial charge in [-0.15, -0.1) is 0 Å². The number of pyridine rings is 1. The molecule has 10 rings (SSSR count). The Bertz CT molecular complexity index is 2910. The molecule has 0 saturated heterocycles. The van der Waals surface area contributed by atoms with Crippen LogP contribution in [0.1, 0.15) is 0 Å². The van der Waals surface area contributed by atoms with Crippen LogP contribution in [0, 0.1) is 0 Å². The molecule has 0 aliphatic carbocycles. The first-order valence-corrected chi connectivity index (χ1v) is 18.6. The number of oxazole rings is 1. The van der Waals surface area contributed by atoms with Crippen molar-refractivity contribution in [2.45, 2.75) is 0 Å². The topological polar surface area (TPSA) is 38.9 Å². The Morgan fingerprint density at radius 1 is 0.327 bits per heavy atom. The highest BCUT2D eigenvalue weighted by molar-refractivity contribution is 6.05. The fourth-order valence-corrected chi connectivity index (χ4v) is 7.56. The fourth-order valence-electron chi connectivity index (χ4n) is 7.56. The molecule has 0 saturated carbocycles. The van der Waals surface area contributed by atoms with E-state index in [0.717, 1.165) is 72.6 Å². The lowest BCUT2D eigenvalue weighted by atomic mass is 9.87. The van der Waals surface area contributed by atoms with Gasteiger partial charge < -0.3 is 4.42 Å². The lowest BCUT2D eigenvalue weighted by Gasteiger charge is -2.16. The van der Waals surface area contributed by atoms with Gasteiger partial charge in [0.05, 0.1) is 11.4 Å². The van der Waals surface area contributed by atoms with Crippen molar-refractivity contribution in [3.63, 3.8) is 0 Å². The van der Waals surface area contributed by atoms with Crippen molar-refractivity contribution >= 4 is 21.9 Å². The number of nitrogens with zero attached hydrogens (tertiary/aromatic N) is 2. The number of hydrogen-bond acceptors (Lipinski definition) is 3. The molecular weight excluding hydrogens is 669 g/mol. The number of hydrogen-bond donors (Lipinski definition) is 0. The Balaban J connectivity index is 1.09. The van der Waals surface area contributed by atoms with E-state index in [2.05, 4.69) is 158 Å². The summed E-state index contributed by atoms with van der Waals surface area (Å²) in [5.74, 6) is 0.628. The molecule has 8 aromatic carbocycles. The molecule has 0 spiro atoms. The van der Waals surface area contributed by atoms with Gasteiger partial charge in [0.25, 0.3) is 0 Å². The van der Waals surface area contributed by atoms with E-state index < -0.39 is 0 Å². The van der Waals surface area contributed by atoms with Crippen LogP contribution in [0.4, 0.5) is 0 Å². The summed E-state index contributed by atoms with van der Waals surface area (Å²) < 4.78 is 6.26. The third-order valence-electron chi connectivity index (χ3n) is 10.3. The highest BCUT2D eigenvalue weighted by Crippen LogP contribution is 2.41. The molecule has 2 aromatic heterocycles. The van der Waals surface area contributed by atoms with Crippen LogP contribution in [0.2, 0.25) is 0 Å². The minimum absolute atomic E-state index is 0.628. The number of rotatable bonds is 7. The van der Waals surface area contributed by atoms with Crippen LogP contribution >= 0.6 is 0 Å². The SMILES string of the molecule is c1ccc(-c2cc(-c3cccc(-c4ccc5ccccc5c4-c4cccc(-c5ccc6nc(-c7ccccc7)oc6c5)c4)c3)cc(-c3ccccc3)n2)cc1. The molecule has 0 unspecified atom stereocenters. The summed E-state index contributed by atoms with van der Waals surface area (Å²) in [5.41, 5.74) is 15.8. The van der Waals surface area contributed by atoms with E-state index in [1.807, 2.05) is 48.5 Å². The summed E-state index contributed by atoms with van der Waals surface area (Å²) in [4.78, 5) is 9.88. The first-order valence-electron chi connectivity index (χ1n) is 18.6. The maximum Gasteiger partial charge on any atom is 0.227 e. The summed E-state index contributed by atoms with van der Waals surface area (Å²) >= 11 is 0. The van der Waals surface area contributed by atoms with Crippen molar-refractivity contribution in [3.8, 4) is 78.5 Å². The van der Waals surface area contributed by atoms with Gasteiger partial charge in [-0.25, -0.2) is 9.97 Å². The number of aromatic nitrogens is 2. The molecule has 3 heteroatoms. The molecule has 0 aliphatic rings. The largest absolute Gasteiger partial charge is 0.436 e. The molecule has 0 bridgehead atoms. The van der Waals surface area contributed by atoms with Crippen molar-refractivity contribution in [1.82, 2.24) is 9.97 Å². The maximum absolute atomic E-state index is 6.26. The van der Waals surface area contributed by atoms with Gasteiger partial charge in [0.2, 0.25) is 5.89 Å². The van der Waals surface area contributed by atoms with E-state index in [0.29, 0.717) is 5.89 Å². The Kier molecular flexibility index (Phi) is 8.16. The van der Waals surface area contributed by atoms with Crippen LogP contribution in [0.25, 0.3) is 100 Å². The molecule has 55 heavy (non-hydrogen) atoms. The molecule has 0 atom stereocenters. The first kappa shape index (κ1) is 32.3. The summed E-state index contributed by atoms with van der Waals surface area (Å²) in [6.45, 7) is 0. The second-order valence-corrected chi connectivity index (χ2v) is 13.8. The van der Waals surface area contributed by atoms with Gasteiger partial charge >= 0.3 is 0 Å². The van der Waals surface area contributed by atoms with Gasteiger partial charge in [0.15, 0.2) is 5.58 Å². The zero-order valence-electron chi connectivity index (χ0n) is 29.9. The van der Waals surface area contributed by atoms with Crippen LogP contribution in [-0.2, 0) is 0 Å². The van der Waals surface area contributed by atoms with Gasteiger partial charge in [-0.05, 0) is 104 Å². The molecule has 0 aliphatic heterocycles. The molecule has 258 valence electrons. The summed E-state index contributed by atoms with van der Waals surface area (Å²) in [6.07, 6.45) is 0. The molecule has 2 heterocycles. The van der Waals surface area contributed by atoms with Crippen LogP contribution < -0.4 is 0 Å². The number of fused-ring (bicyclic) bond motifs is 2. The van der Waals surface area contributed by atoms with Gasteiger partial charge in [0.1, 0.15) is 5.52 Å². The minimum atomic E-state index is 0.628. The van der Waals surface area contributed by atoms with Crippen LogP contribution in [-0.4, -0.2) is 9.97 Å². The molecule has 0 amide bonds. The third kappa shape index (κ3) is 6.28. The second-order valence-electron chi connectivity index (χ2n) is 13.8. The van der Waals surface area contributed by atoms with Crippen molar-refractivity contribution in [2.75, 3.05) is 0 Å². The monoisotopic (exact) mass is 702 g/mol. The standard InChI is InChI=1S/C52H34N2O/c1-4-15-36(16-5-1)48-32-44(33-49(53-48)37-17-6-2-7-18-37)40-22-12-23-42(30-40)46-28-26-35-14-10-11-25-45(35)51(46)43-24-13-21-39(31-43)41-27-29-47-50(34-41)55-52(54-47)38-19-8-3-9-20-38/h1-34H. The van der Waals surface area contributed by atoms with Crippen molar-refractivity contribution in [3.05, 3.63) is 206 Å². The average Bonchev–Trinajstić information content (AvgIpc) is 3.71. The van der Waals surface area contributed by atoms with Crippen LogP contribution in [0.3, 0.4) is 0 Å². The summed E-state index contributed by atoms with van der Waals surface area (Å²) in [5, 5.41) is 2.41. The fraction of sp³-hybridized carbons (Fsp3) is 0. The van der Waals surface area contributed by atoms with Gasteiger partial charge in [0, 0.05) is 16.7 Å². The van der Waals surface area contributed by atoms with E-state index in [9.17, 15) is 0 Å². The Morgan fingerprint density at radius 2 is 0.873 bits per heavy atom. The summed E-state index contributed by atoms with van der Waals surface area (Å²) in [6, 6.07) is 72.5. The molecule has 3 nitrogen and oxygen atoms in total. The normalized spacial score (nSPS) is 11.3. The van der Waals surface area contributed by atoms with Crippen molar-refractivity contribution in [1.29, 1.82) is 0 Å². The molecule has 10 aromatic rings. The Labute approximate surface area is 319 Å². The van der Waals surface area contributed by atoms with E-state index in [1.165, 1.54) is 21.9 Å². The van der Waals surface area contributed by atoms with Gasteiger partial charge in [-0.1, -0.05) is 158 Å². The number of benzene rings is 8. The van der Waals surface area contributed by atoms with Gasteiger partial charge in [-0.2, -0.15) is 0 Å². The van der Waals surface area contributed by atoms with E-state index >= 15 is 0 Å². The van der Waals surface area contributed by atoms with Crippen LogP contribution in [0.5, 0.6) is 0 Å². The molecule has 0 N–H and O–H groups in total. The Hall–Kier alpha value is -7.36. The van der Waals surface area contributed by atoms with Gasteiger partial charge in [-0.3, -0.25) is 0 Å². The first-order chi connectivity index (χ1) is 27.2. The molecular formula is C52H34N2O. The highest BCUT2D eigenvalue weighted by atomic mass is 16.3. The minimum Gasteiger partial charge on any atom is -0.436 e. The Morgan fingerprint density at radius 3 is 1.58 bits per heavy atom.